The van der Waals surface area contributed by atoms with E-state index in [-0.39, 0.29) is 6.04 Å². The van der Waals surface area contributed by atoms with E-state index in [1.807, 2.05) is 30.7 Å². The molecule has 0 amide bonds. The Morgan fingerprint density at radius 1 is 1.26 bits per heavy atom. The Balaban J connectivity index is 1.49. The molecule has 0 saturated heterocycles. The molecule has 144 valence electrons. The number of aryl methyl sites for hydroxylation is 1. The molecule has 1 fully saturated rings. The van der Waals surface area contributed by atoms with Crippen molar-refractivity contribution in [1.82, 2.24) is 25.4 Å². The number of rotatable bonds is 5. The Hall–Kier alpha value is -2.57. The van der Waals surface area contributed by atoms with Crippen molar-refractivity contribution in [3.63, 3.8) is 0 Å². The lowest BCUT2D eigenvalue weighted by atomic mass is 9.85. The molecule has 7 nitrogen and oxygen atoms in total. The van der Waals surface area contributed by atoms with E-state index in [0.717, 1.165) is 42.2 Å². The molecular weight excluding hydrogens is 340 g/mol. The smallest absolute Gasteiger partial charge is 0.192 e. The van der Waals surface area contributed by atoms with Crippen LogP contribution in [-0.2, 0) is 13.6 Å². The standard InChI is InChI=1S/C20H28N6O/c1-14-24-25-19(26(14)2)13-22-20(21-12-15-6-5-7-15)23-17-10-11-27-18-9-4-3-8-16(17)18/h3-4,8-9,15,17H,5-7,10-13H2,1-2H3,(H2,21,22,23). The first-order chi connectivity index (χ1) is 13.2. The molecule has 0 spiro atoms. The van der Waals surface area contributed by atoms with Crippen molar-refractivity contribution in [2.24, 2.45) is 18.0 Å². The van der Waals surface area contributed by atoms with E-state index in [1.54, 1.807) is 0 Å². The summed E-state index contributed by atoms with van der Waals surface area (Å²) in [4.78, 5) is 4.80. The number of para-hydroxylation sites is 1. The summed E-state index contributed by atoms with van der Waals surface area (Å²) in [7, 11) is 1.98. The quantitative estimate of drug-likeness (QED) is 0.626. The maximum absolute atomic E-state index is 5.79. The summed E-state index contributed by atoms with van der Waals surface area (Å²) in [6, 6.07) is 8.43. The fourth-order valence-corrected chi connectivity index (χ4v) is 3.49. The van der Waals surface area contributed by atoms with E-state index in [9.17, 15) is 0 Å². The van der Waals surface area contributed by atoms with E-state index in [1.165, 1.54) is 24.8 Å². The van der Waals surface area contributed by atoms with Crippen LogP contribution in [0.2, 0.25) is 0 Å². The third kappa shape index (κ3) is 4.07. The lowest BCUT2D eigenvalue weighted by molar-refractivity contribution is 0.261. The van der Waals surface area contributed by atoms with Gasteiger partial charge in [0.05, 0.1) is 12.6 Å². The SMILES string of the molecule is Cc1nnc(CN=C(NCC2CCC2)NC2CCOc3ccccc32)n1C. The molecule has 1 aliphatic heterocycles. The Kier molecular flexibility index (Phi) is 5.27. The molecule has 27 heavy (non-hydrogen) atoms. The number of hydrogen-bond donors (Lipinski definition) is 2. The summed E-state index contributed by atoms with van der Waals surface area (Å²) in [5, 5.41) is 15.5. The van der Waals surface area contributed by atoms with E-state index in [0.29, 0.717) is 13.2 Å². The number of guanidine groups is 1. The zero-order valence-corrected chi connectivity index (χ0v) is 16.1. The predicted molar refractivity (Wildman–Crippen MR) is 105 cm³/mol. The second-order valence-electron chi connectivity index (χ2n) is 7.44. The maximum atomic E-state index is 5.79. The summed E-state index contributed by atoms with van der Waals surface area (Å²) >= 11 is 0. The first kappa shape index (κ1) is 17.8. The highest BCUT2D eigenvalue weighted by molar-refractivity contribution is 5.80. The van der Waals surface area contributed by atoms with Crippen molar-refractivity contribution < 1.29 is 4.74 Å². The van der Waals surface area contributed by atoms with Gasteiger partial charge in [-0.05, 0) is 31.7 Å². The highest BCUT2D eigenvalue weighted by atomic mass is 16.5. The summed E-state index contributed by atoms with van der Waals surface area (Å²) in [6.45, 7) is 4.14. The summed E-state index contributed by atoms with van der Waals surface area (Å²) in [5.74, 6) is 4.32. The molecule has 0 radical (unpaired) electrons. The molecule has 2 heterocycles. The molecule has 4 rings (SSSR count). The Morgan fingerprint density at radius 2 is 2.11 bits per heavy atom. The van der Waals surface area contributed by atoms with Crippen LogP contribution in [0.15, 0.2) is 29.3 Å². The highest BCUT2D eigenvalue weighted by Crippen LogP contribution is 2.31. The summed E-state index contributed by atoms with van der Waals surface area (Å²) in [6.07, 6.45) is 4.88. The molecule has 1 saturated carbocycles. The summed E-state index contributed by atoms with van der Waals surface area (Å²) in [5.41, 5.74) is 1.19. The lowest BCUT2D eigenvalue weighted by Gasteiger charge is -2.30. The highest BCUT2D eigenvalue weighted by Gasteiger charge is 2.23. The summed E-state index contributed by atoms with van der Waals surface area (Å²) < 4.78 is 7.77. The number of aliphatic imine (C=N–C) groups is 1. The van der Waals surface area contributed by atoms with E-state index < -0.39 is 0 Å². The van der Waals surface area contributed by atoms with Crippen LogP contribution in [0.25, 0.3) is 0 Å². The van der Waals surface area contributed by atoms with Gasteiger partial charge in [0.25, 0.3) is 0 Å². The van der Waals surface area contributed by atoms with Gasteiger partial charge < -0.3 is 19.9 Å². The zero-order valence-electron chi connectivity index (χ0n) is 16.1. The van der Waals surface area contributed by atoms with Gasteiger partial charge in [-0.1, -0.05) is 24.6 Å². The van der Waals surface area contributed by atoms with Crippen LogP contribution in [0.4, 0.5) is 0 Å². The van der Waals surface area contributed by atoms with Crippen molar-refractivity contribution >= 4 is 5.96 Å². The molecule has 1 atom stereocenters. The minimum absolute atomic E-state index is 0.198. The second-order valence-corrected chi connectivity index (χ2v) is 7.44. The van der Waals surface area contributed by atoms with Gasteiger partial charge in [0.15, 0.2) is 11.8 Å². The van der Waals surface area contributed by atoms with Crippen LogP contribution in [0, 0.1) is 12.8 Å². The number of hydrogen-bond acceptors (Lipinski definition) is 4. The third-order valence-corrected chi connectivity index (χ3v) is 5.61. The van der Waals surface area contributed by atoms with Crippen LogP contribution >= 0.6 is 0 Å². The van der Waals surface area contributed by atoms with Crippen molar-refractivity contribution in [3.05, 3.63) is 41.5 Å². The van der Waals surface area contributed by atoms with Crippen molar-refractivity contribution in [1.29, 1.82) is 0 Å². The Morgan fingerprint density at radius 3 is 2.85 bits per heavy atom. The van der Waals surface area contributed by atoms with Gasteiger partial charge in [0.2, 0.25) is 0 Å². The van der Waals surface area contributed by atoms with Crippen LogP contribution in [0.1, 0.15) is 48.9 Å². The molecule has 1 aliphatic carbocycles. The van der Waals surface area contributed by atoms with Gasteiger partial charge in [0, 0.05) is 25.6 Å². The maximum Gasteiger partial charge on any atom is 0.192 e. The fourth-order valence-electron chi connectivity index (χ4n) is 3.49. The van der Waals surface area contributed by atoms with Gasteiger partial charge in [-0.25, -0.2) is 4.99 Å². The normalized spacial score (nSPS) is 19.8. The molecular formula is C20H28N6O. The molecule has 7 heteroatoms. The van der Waals surface area contributed by atoms with Crippen molar-refractivity contribution in [2.45, 2.75) is 45.2 Å². The van der Waals surface area contributed by atoms with E-state index in [4.69, 9.17) is 9.73 Å². The first-order valence-electron chi connectivity index (χ1n) is 9.82. The Labute approximate surface area is 160 Å². The topological polar surface area (TPSA) is 76.4 Å². The zero-order chi connectivity index (χ0) is 18.6. The van der Waals surface area contributed by atoms with Crippen LogP contribution in [-0.4, -0.2) is 33.9 Å². The van der Waals surface area contributed by atoms with Gasteiger partial charge in [-0.15, -0.1) is 10.2 Å². The third-order valence-electron chi connectivity index (χ3n) is 5.61. The largest absolute Gasteiger partial charge is 0.493 e. The first-order valence-corrected chi connectivity index (χ1v) is 9.82. The molecule has 1 aromatic carbocycles. The number of fused-ring (bicyclic) bond motifs is 1. The molecule has 2 aromatic rings. The number of ether oxygens (including phenoxy) is 1. The average molecular weight is 368 g/mol. The number of nitrogens with one attached hydrogen (secondary N) is 2. The number of nitrogens with zero attached hydrogens (tertiary/aromatic N) is 4. The Bertz CT molecular complexity index is 811. The van der Waals surface area contributed by atoms with Crippen LogP contribution in [0.5, 0.6) is 5.75 Å². The van der Waals surface area contributed by atoms with Gasteiger partial charge in [0.1, 0.15) is 18.1 Å². The van der Waals surface area contributed by atoms with Gasteiger partial charge in [-0.3, -0.25) is 0 Å². The van der Waals surface area contributed by atoms with Crippen molar-refractivity contribution in [3.8, 4) is 5.75 Å². The molecule has 0 bridgehead atoms. The fraction of sp³-hybridized carbons (Fsp3) is 0.550. The monoisotopic (exact) mass is 368 g/mol. The number of benzene rings is 1. The molecule has 2 aliphatic rings. The minimum atomic E-state index is 0.198. The molecule has 1 unspecified atom stereocenters. The average Bonchev–Trinajstić information content (AvgIpc) is 2.97. The van der Waals surface area contributed by atoms with E-state index >= 15 is 0 Å². The van der Waals surface area contributed by atoms with Gasteiger partial charge in [-0.2, -0.15) is 0 Å². The number of aromatic nitrogens is 3. The molecule has 2 N–H and O–H groups in total. The van der Waals surface area contributed by atoms with E-state index in [2.05, 4.69) is 33.0 Å². The van der Waals surface area contributed by atoms with Gasteiger partial charge >= 0.3 is 0 Å². The predicted octanol–water partition coefficient (Wildman–Crippen LogP) is 2.48. The minimum Gasteiger partial charge on any atom is -0.493 e. The molecule has 1 aromatic heterocycles. The van der Waals surface area contributed by atoms with Crippen molar-refractivity contribution in [2.75, 3.05) is 13.2 Å². The van der Waals surface area contributed by atoms with Crippen LogP contribution < -0.4 is 15.4 Å². The lowest BCUT2D eigenvalue weighted by Crippen LogP contribution is -2.43. The second kappa shape index (κ2) is 7.98. The van der Waals surface area contributed by atoms with Crippen LogP contribution in [0.3, 0.4) is 0 Å².